The molecule has 0 radical (unpaired) electrons. The molecule has 13 heteroatoms. The van der Waals surface area contributed by atoms with E-state index in [0.29, 0.717) is 4.47 Å². The molecule has 3 rings (SSSR count). The fourth-order valence-electron chi connectivity index (χ4n) is 4.06. The maximum absolute atomic E-state index is 15.1. The SMILES string of the molecule is Cc1ccc(S(=O)(=O)OCCN=S2(=O)C[C@@](C)(c3cc(Br)ccc3F)N=C(NC(=O)OC(C)(C)C)C2(C)C)cc1. The maximum atomic E-state index is 15.1. The molecule has 2 aromatic rings. The number of amidine groups is 1. The zero-order valence-electron chi connectivity index (χ0n) is 23.6. The highest BCUT2D eigenvalue weighted by Crippen LogP contribution is 2.40. The molecular formula is C27H35BrFN3O6S2. The second kappa shape index (κ2) is 11.5. The second-order valence-corrected chi connectivity index (χ2v) is 16.6. The number of benzene rings is 2. The number of hydrogen-bond acceptors (Lipinski definition) is 8. The summed E-state index contributed by atoms with van der Waals surface area (Å²) in [6, 6.07) is 10.5. The molecular weight excluding hydrogens is 625 g/mol. The van der Waals surface area contributed by atoms with Gasteiger partial charge in [-0.05, 0) is 78.8 Å². The van der Waals surface area contributed by atoms with Crippen molar-refractivity contribution in [1.82, 2.24) is 5.32 Å². The molecule has 0 spiro atoms. The van der Waals surface area contributed by atoms with Crippen LogP contribution in [-0.4, -0.2) is 53.8 Å². The van der Waals surface area contributed by atoms with E-state index in [0.717, 1.165) is 5.56 Å². The molecule has 1 aliphatic heterocycles. The van der Waals surface area contributed by atoms with Gasteiger partial charge in [-0.3, -0.25) is 14.5 Å². The fraction of sp³-hybridized carbons (Fsp3) is 0.481. The molecule has 1 aliphatic rings. The standard InChI is InChI=1S/C27H35BrFN3O6S2/c1-18-8-11-20(12-9-18)40(35,36)37-15-14-30-39(34)17-27(7,21-16-19(28)10-13-22(21)29)32-23(26(39,5)6)31-24(33)38-25(2,3)4/h8-13,16H,14-15,17H2,1-7H3,(H,31,32,33)/t27-,39?/m0/s1. The third-order valence-corrected chi connectivity index (χ3v) is 11.4. The number of carbonyl (C=O) groups excluding carboxylic acids is 1. The molecule has 0 aliphatic carbocycles. The molecule has 0 bridgehead atoms. The molecule has 2 atom stereocenters. The number of rotatable bonds is 6. The van der Waals surface area contributed by atoms with Gasteiger partial charge in [0, 0.05) is 10.0 Å². The summed E-state index contributed by atoms with van der Waals surface area (Å²) < 4.78 is 69.0. The summed E-state index contributed by atoms with van der Waals surface area (Å²) in [5, 5.41) is 2.61. The molecule has 0 saturated carbocycles. The topological polar surface area (TPSA) is 123 Å². The summed E-state index contributed by atoms with van der Waals surface area (Å²) in [6.07, 6.45) is -0.812. The molecule has 1 heterocycles. The Morgan fingerprint density at radius 2 is 1.80 bits per heavy atom. The zero-order chi connectivity index (χ0) is 30.1. The summed E-state index contributed by atoms with van der Waals surface area (Å²) in [4.78, 5) is 17.4. The van der Waals surface area contributed by atoms with Gasteiger partial charge in [-0.2, -0.15) is 8.42 Å². The maximum Gasteiger partial charge on any atom is 0.413 e. The van der Waals surface area contributed by atoms with Crippen molar-refractivity contribution in [2.75, 3.05) is 18.9 Å². The highest BCUT2D eigenvalue weighted by molar-refractivity contribution is 9.10. The third-order valence-electron chi connectivity index (χ3n) is 6.27. The minimum absolute atomic E-state index is 0.00559. The van der Waals surface area contributed by atoms with Gasteiger partial charge in [0.25, 0.3) is 10.1 Å². The first-order valence-corrected chi connectivity index (χ1v) is 16.4. The highest BCUT2D eigenvalue weighted by atomic mass is 79.9. The number of aryl methyl sites for hydroxylation is 1. The summed E-state index contributed by atoms with van der Waals surface area (Å²) >= 11 is 3.35. The first kappa shape index (κ1) is 32.2. The number of ether oxygens (including phenoxy) is 1. The molecule has 1 amide bonds. The lowest BCUT2D eigenvalue weighted by molar-refractivity contribution is 0.0560. The van der Waals surface area contributed by atoms with Crippen LogP contribution in [0, 0.1) is 12.7 Å². The van der Waals surface area contributed by atoms with Crippen molar-refractivity contribution in [3.63, 3.8) is 0 Å². The molecule has 9 nitrogen and oxygen atoms in total. The average molecular weight is 661 g/mol. The molecule has 0 saturated heterocycles. The highest BCUT2D eigenvalue weighted by Gasteiger charge is 2.49. The average Bonchev–Trinajstić information content (AvgIpc) is 2.81. The van der Waals surface area contributed by atoms with Crippen LogP contribution in [0.25, 0.3) is 0 Å². The van der Waals surface area contributed by atoms with E-state index in [4.69, 9.17) is 13.9 Å². The Labute approximate surface area is 244 Å². The molecule has 1 N–H and O–H groups in total. The lowest BCUT2D eigenvalue weighted by Crippen LogP contribution is -2.58. The van der Waals surface area contributed by atoms with E-state index in [1.807, 2.05) is 6.92 Å². The Kier molecular flexibility index (Phi) is 9.25. The van der Waals surface area contributed by atoms with Crippen molar-refractivity contribution in [3.05, 3.63) is 63.9 Å². The molecule has 40 heavy (non-hydrogen) atoms. The Morgan fingerprint density at radius 1 is 1.18 bits per heavy atom. The van der Waals surface area contributed by atoms with Crippen LogP contribution in [0.2, 0.25) is 0 Å². The molecule has 2 aromatic carbocycles. The number of hydrogen-bond donors (Lipinski definition) is 1. The lowest BCUT2D eigenvalue weighted by Gasteiger charge is -2.42. The van der Waals surface area contributed by atoms with Crippen LogP contribution in [-0.2, 0) is 34.3 Å². The van der Waals surface area contributed by atoms with E-state index in [1.54, 1.807) is 59.7 Å². The van der Waals surface area contributed by atoms with E-state index in [9.17, 15) is 17.4 Å². The van der Waals surface area contributed by atoms with Crippen LogP contribution in [0.15, 0.2) is 61.2 Å². The summed E-state index contributed by atoms with van der Waals surface area (Å²) in [7, 11) is -7.37. The molecule has 0 aromatic heterocycles. The fourth-order valence-corrected chi connectivity index (χ4v) is 7.85. The van der Waals surface area contributed by atoms with Crippen LogP contribution in [0.1, 0.15) is 52.7 Å². The van der Waals surface area contributed by atoms with Crippen LogP contribution < -0.4 is 5.32 Å². The smallest absolute Gasteiger partial charge is 0.413 e. The van der Waals surface area contributed by atoms with Crippen LogP contribution in [0.5, 0.6) is 0 Å². The van der Waals surface area contributed by atoms with Gasteiger partial charge in [-0.15, -0.1) is 0 Å². The number of amides is 1. The normalized spacial score (nSPS) is 22.8. The van der Waals surface area contributed by atoms with Gasteiger partial charge < -0.3 is 4.74 Å². The predicted octanol–water partition coefficient (Wildman–Crippen LogP) is 5.70. The van der Waals surface area contributed by atoms with Crippen molar-refractivity contribution in [3.8, 4) is 0 Å². The van der Waals surface area contributed by atoms with Crippen molar-refractivity contribution < 1.29 is 30.7 Å². The van der Waals surface area contributed by atoms with Crippen molar-refractivity contribution in [2.45, 2.75) is 69.2 Å². The second-order valence-electron chi connectivity index (χ2n) is 11.2. The van der Waals surface area contributed by atoms with E-state index < -0.39 is 47.6 Å². The van der Waals surface area contributed by atoms with Crippen molar-refractivity contribution in [2.24, 2.45) is 9.36 Å². The number of aliphatic imine (C=N–C) groups is 1. The van der Waals surface area contributed by atoms with Gasteiger partial charge in [-0.25, -0.2) is 17.8 Å². The first-order chi connectivity index (χ1) is 18.3. The van der Waals surface area contributed by atoms with E-state index >= 15 is 4.39 Å². The van der Waals surface area contributed by atoms with Gasteiger partial charge in [0.2, 0.25) is 0 Å². The minimum atomic E-state index is -4.05. The zero-order valence-corrected chi connectivity index (χ0v) is 26.8. The number of nitrogens with one attached hydrogen (secondary N) is 1. The van der Waals surface area contributed by atoms with Crippen LogP contribution in [0.4, 0.5) is 9.18 Å². The van der Waals surface area contributed by atoms with Gasteiger partial charge in [0.15, 0.2) is 0 Å². The van der Waals surface area contributed by atoms with Gasteiger partial charge in [0.1, 0.15) is 27.5 Å². The first-order valence-electron chi connectivity index (χ1n) is 12.5. The van der Waals surface area contributed by atoms with Crippen LogP contribution in [0.3, 0.4) is 0 Å². The van der Waals surface area contributed by atoms with Gasteiger partial charge in [-0.1, -0.05) is 33.6 Å². The summed E-state index contributed by atoms with van der Waals surface area (Å²) in [5.74, 6) is -0.748. The predicted molar refractivity (Wildman–Crippen MR) is 157 cm³/mol. The Balaban J connectivity index is 1.99. The minimum Gasteiger partial charge on any atom is -0.444 e. The Morgan fingerprint density at radius 3 is 2.40 bits per heavy atom. The van der Waals surface area contributed by atoms with E-state index in [2.05, 4.69) is 25.6 Å². The monoisotopic (exact) mass is 659 g/mol. The Hall–Kier alpha value is -2.35. The molecule has 1 unspecified atom stereocenters. The largest absolute Gasteiger partial charge is 0.444 e. The number of carbonyl (C=O) groups is 1. The quantitative estimate of drug-likeness (QED) is 0.313. The Bertz CT molecular complexity index is 1540. The molecule has 0 fully saturated rings. The summed E-state index contributed by atoms with van der Waals surface area (Å²) in [6.45, 7) is 11.2. The van der Waals surface area contributed by atoms with E-state index in [1.165, 1.54) is 24.3 Å². The number of nitrogens with zero attached hydrogens (tertiary/aromatic N) is 2. The van der Waals surface area contributed by atoms with Crippen molar-refractivity contribution >= 4 is 47.7 Å². The van der Waals surface area contributed by atoms with Crippen molar-refractivity contribution in [1.29, 1.82) is 0 Å². The number of halogens is 2. The number of alkyl carbamates (subject to hydrolysis) is 1. The molecule has 220 valence electrons. The van der Waals surface area contributed by atoms with E-state index in [-0.39, 0.29) is 35.2 Å². The lowest BCUT2D eigenvalue weighted by atomic mass is 9.93. The third kappa shape index (κ3) is 7.29. The van der Waals surface area contributed by atoms with Gasteiger partial charge in [0.05, 0.1) is 33.5 Å². The van der Waals surface area contributed by atoms with Crippen LogP contribution >= 0.6 is 15.9 Å². The summed E-state index contributed by atoms with van der Waals surface area (Å²) in [5.41, 5.74) is -1.15. The van der Waals surface area contributed by atoms with Gasteiger partial charge >= 0.3 is 6.09 Å².